The van der Waals surface area contributed by atoms with Crippen LogP contribution in [0.15, 0.2) is 97.1 Å². The Morgan fingerprint density at radius 3 is 1.02 bits per heavy atom. The number of esters is 2. The second-order valence-electron chi connectivity index (χ2n) is 14.7. The van der Waals surface area contributed by atoms with E-state index in [9.17, 15) is 9.59 Å². The summed E-state index contributed by atoms with van der Waals surface area (Å²) in [4.78, 5) is 25.3. The molecule has 290 valence electrons. The summed E-state index contributed by atoms with van der Waals surface area (Å²) in [5.41, 5.74) is 4.59. The van der Waals surface area contributed by atoms with Gasteiger partial charge in [-0.2, -0.15) is 0 Å². The fourth-order valence-corrected chi connectivity index (χ4v) is 7.01. The number of ether oxygens (including phenoxy) is 2. The largest absolute Gasteiger partial charge is 0.462 e. The van der Waals surface area contributed by atoms with Gasteiger partial charge in [0.05, 0.1) is 24.3 Å². The van der Waals surface area contributed by atoms with E-state index in [4.69, 9.17) is 9.47 Å². The number of unbranched alkanes of at least 4 members (excludes halogenated alkanes) is 14. The van der Waals surface area contributed by atoms with Crippen molar-refractivity contribution in [3.8, 4) is 23.7 Å². The van der Waals surface area contributed by atoms with E-state index in [2.05, 4.69) is 61.8 Å². The molecule has 0 N–H and O–H groups in total. The van der Waals surface area contributed by atoms with E-state index in [-0.39, 0.29) is 11.9 Å². The normalized spacial score (nSPS) is 10.8. The minimum Gasteiger partial charge on any atom is -0.462 e. The lowest BCUT2D eigenvalue weighted by atomic mass is 9.92. The van der Waals surface area contributed by atoms with E-state index >= 15 is 0 Å². The van der Waals surface area contributed by atoms with Crippen LogP contribution in [-0.4, -0.2) is 25.2 Å². The molecule has 5 aromatic rings. The predicted molar refractivity (Wildman–Crippen MR) is 232 cm³/mol. The molecule has 0 spiro atoms. The van der Waals surface area contributed by atoms with Gasteiger partial charge in [-0.15, -0.1) is 0 Å². The van der Waals surface area contributed by atoms with E-state index in [1.165, 1.54) is 77.0 Å². The standard InChI is InChI=1S/C52H58O4/c1-3-5-7-9-11-13-15-21-39-55-51(53)43-33-27-41(28-34-43)31-37-49-45-23-17-19-25-47(45)50(48-26-20-18-24-46(48)49)38-32-42-29-35-44(36-30-42)52(54)56-40-22-16-14-12-10-8-6-4-2/h17-20,23-30,33-36H,3-16,21-22,39-40H2,1-2H3. The molecule has 0 fully saturated rings. The Hall–Kier alpha value is -5.32. The van der Waals surface area contributed by atoms with Gasteiger partial charge in [0, 0.05) is 22.3 Å². The molecule has 0 saturated heterocycles. The van der Waals surface area contributed by atoms with Crippen molar-refractivity contribution in [3.63, 3.8) is 0 Å². The van der Waals surface area contributed by atoms with Crippen molar-refractivity contribution in [3.05, 3.63) is 130 Å². The molecule has 4 heteroatoms. The molecule has 0 amide bonds. The second-order valence-corrected chi connectivity index (χ2v) is 14.7. The van der Waals surface area contributed by atoms with Gasteiger partial charge in [-0.25, -0.2) is 9.59 Å². The summed E-state index contributed by atoms with van der Waals surface area (Å²) < 4.78 is 11.1. The first kappa shape index (κ1) is 41.8. The second kappa shape index (κ2) is 23.6. The molecule has 0 aliphatic heterocycles. The Balaban J connectivity index is 1.22. The van der Waals surface area contributed by atoms with Gasteiger partial charge < -0.3 is 9.47 Å². The van der Waals surface area contributed by atoms with Crippen molar-refractivity contribution >= 4 is 33.5 Å². The number of hydrogen-bond acceptors (Lipinski definition) is 4. The highest BCUT2D eigenvalue weighted by Gasteiger charge is 2.12. The van der Waals surface area contributed by atoms with E-state index in [0.29, 0.717) is 24.3 Å². The van der Waals surface area contributed by atoms with E-state index in [0.717, 1.165) is 69.5 Å². The van der Waals surface area contributed by atoms with Crippen LogP contribution in [0, 0.1) is 23.7 Å². The fraction of sp³-hybridized carbons (Fsp3) is 0.385. The molecule has 0 aromatic heterocycles. The minimum absolute atomic E-state index is 0.288. The number of benzene rings is 5. The van der Waals surface area contributed by atoms with E-state index in [1.807, 2.05) is 48.5 Å². The lowest BCUT2D eigenvalue weighted by molar-refractivity contribution is 0.0488. The van der Waals surface area contributed by atoms with Gasteiger partial charge >= 0.3 is 11.9 Å². The number of hydrogen-bond donors (Lipinski definition) is 0. The molecule has 0 saturated carbocycles. The molecule has 0 aliphatic carbocycles. The highest BCUT2D eigenvalue weighted by molar-refractivity contribution is 6.09. The molecule has 0 unspecified atom stereocenters. The summed E-state index contributed by atoms with van der Waals surface area (Å²) in [6.07, 6.45) is 19.3. The summed E-state index contributed by atoms with van der Waals surface area (Å²) in [7, 11) is 0. The first-order chi connectivity index (χ1) is 27.6. The molecule has 4 nitrogen and oxygen atoms in total. The van der Waals surface area contributed by atoms with Gasteiger partial charge in [-0.1, -0.05) is 176 Å². The molecule has 0 atom stereocenters. The third kappa shape index (κ3) is 12.9. The Labute approximate surface area is 335 Å². The number of fused-ring (bicyclic) bond motifs is 2. The molecule has 0 radical (unpaired) electrons. The van der Waals surface area contributed by atoms with Crippen molar-refractivity contribution in [2.75, 3.05) is 13.2 Å². The zero-order valence-corrected chi connectivity index (χ0v) is 33.6. The summed E-state index contributed by atoms with van der Waals surface area (Å²) in [5, 5.41) is 4.11. The quantitative estimate of drug-likeness (QED) is 0.0344. The molecule has 0 aliphatic rings. The first-order valence-corrected chi connectivity index (χ1v) is 21.1. The molecule has 5 aromatic carbocycles. The van der Waals surface area contributed by atoms with Crippen LogP contribution in [0.5, 0.6) is 0 Å². The van der Waals surface area contributed by atoms with Crippen LogP contribution in [0.1, 0.15) is 160 Å². The zero-order valence-electron chi connectivity index (χ0n) is 33.6. The first-order valence-electron chi connectivity index (χ1n) is 21.1. The summed E-state index contributed by atoms with van der Waals surface area (Å²) >= 11 is 0. The van der Waals surface area contributed by atoms with Crippen molar-refractivity contribution in [1.82, 2.24) is 0 Å². The SMILES string of the molecule is CCCCCCCCCCOC(=O)c1ccc(C#Cc2c3ccccc3c(C#Cc3ccc(C(=O)OCCCCCCCCCC)cc3)c3ccccc23)cc1. The number of carbonyl (C=O) groups is 2. The van der Waals surface area contributed by atoms with Gasteiger partial charge in [0.15, 0.2) is 0 Å². The highest BCUT2D eigenvalue weighted by atomic mass is 16.5. The van der Waals surface area contributed by atoms with Gasteiger partial charge in [-0.3, -0.25) is 0 Å². The van der Waals surface area contributed by atoms with E-state index in [1.54, 1.807) is 24.3 Å². The number of rotatable bonds is 20. The predicted octanol–water partition coefficient (Wildman–Crippen LogP) is 13.4. The zero-order chi connectivity index (χ0) is 39.2. The van der Waals surface area contributed by atoms with Crippen LogP contribution >= 0.6 is 0 Å². The minimum atomic E-state index is -0.288. The van der Waals surface area contributed by atoms with Crippen LogP contribution < -0.4 is 0 Å². The Kier molecular flexibility index (Phi) is 17.6. The smallest absolute Gasteiger partial charge is 0.338 e. The third-order valence-electron chi connectivity index (χ3n) is 10.3. The lowest BCUT2D eigenvalue weighted by Gasteiger charge is -2.10. The maximum absolute atomic E-state index is 12.7. The van der Waals surface area contributed by atoms with Crippen molar-refractivity contribution in [1.29, 1.82) is 0 Å². The molecule has 0 bridgehead atoms. The fourth-order valence-electron chi connectivity index (χ4n) is 7.01. The lowest BCUT2D eigenvalue weighted by Crippen LogP contribution is -2.06. The van der Waals surface area contributed by atoms with Crippen LogP contribution in [0.4, 0.5) is 0 Å². The van der Waals surface area contributed by atoms with Crippen LogP contribution in [-0.2, 0) is 9.47 Å². The summed E-state index contributed by atoms with van der Waals surface area (Å²) in [5.74, 6) is 13.0. The summed E-state index contributed by atoms with van der Waals surface area (Å²) in [6.45, 7) is 5.38. The monoisotopic (exact) mass is 746 g/mol. The average molecular weight is 747 g/mol. The maximum Gasteiger partial charge on any atom is 0.338 e. The summed E-state index contributed by atoms with van der Waals surface area (Å²) in [6, 6.07) is 31.2. The molecular weight excluding hydrogens is 689 g/mol. The Morgan fingerprint density at radius 2 is 0.696 bits per heavy atom. The maximum atomic E-state index is 12.7. The Morgan fingerprint density at radius 1 is 0.393 bits per heavy atom. The van der Waals surface area contributed by atoms with Crippen molar-refractivity contribution in [2.24, 2.45) is 0 Å². The average Bonchev–Trinajstić information content (AvgIpc) is 3.23. The third-order valence-corrected chi connectivity index (χ3v) is 10.3. The van der Waals surface area contributed by atoms with Crippen LogP contribution in [0.3, 0.4) is 0 Å². The van der Waals surface area contributed by atoms with Gasteiger partial charge in [-0.05, 0) is 82.9 Å². The van der Waals surface area contributed by atoms with Crippen molar-refractivity contribution < 1.29 is 19.1 Å². The van der Waals surface area contributed by atoms with Crippen LogP contribution in [0.25, 0.3) is 21.5 Å². The molecule has 0 heterocycles. The Bertz CT molecular complexity index is 1910. The van der Waals surface area contributed by atoms with Crippen molar-refractivity contribution in [2.45, 2.75) is 117 Å². The van der Waals surface area contributed by atoms with E-state index < -0.39 is 0 Å². The highest BCUT2D eigenvalue weighted by Crippen LogP contribution is 2.32. The molecular formula is C52H58O4. The molecule has 5 rings (SSSR count). The topological polar surface area (TPSA) is 52.6 Å². The van der Waals surface area contributed by atoms with Gasteiger partial charge in [0.25, 0.3) is 0 Å². The van der Waals surface area contributed by atoms with Crippen LogP contribution in [0.2, 0.25) is 0 Å². The number of carbonyl (C=O) groups excluding carboxylic acids is 2. The molecule has 56 heavy (non-hydrogen) atoms. The van der Waals surface area contributed by atoms with Gasteiger partial charge in [0.1, 0.15) is 0 Å². The van der Waals surface area contributed by atoms with Gasteiger partial charge in [0.2, 0.25) is 0 Å².